The Hall–Kier alpha value is -2.48. The van der Waals surface area contributed by atoms with Gasteiger partial charge in [-0.1, -0.05) is 0 Å². The van der Waals surface area contributed by atoms with E-state index in [1.165, 1.54) is 19.4 Å². The molecule has 2 saturated heterocycles. The zero-order chi connectivity index (χ0) is 19.4. The molecule has 0 N–H and O–H groups in total. The van der Waals surface area contributed by atoms with E-state index in [4.69, 9.17) is 0 Å². The van der Waals surface area contributed by atoms with Gasteiger partial charge < -0.3 is 9.80 Å². The zero-order valence-corrected chi connectivity index (χ0v) is 15.7. The summed E-state index contributed by atoms with van der Waals surface area (Å²) in [6.07, 6.45) is 3.36. The van der Waals surface area contributed by atoms with Crippen LogP contribution >= 0.6 is 0 Å². The first kappa shape index (κ1) is 19.3. The van der Waals surface area contributed by atoms with Crippen LogP contribution in [-0.2, 0) is 4.79 Å². The molecule has 2 heterocycles. The Labute approximate surface area is 158 Å². The maximum atomic E-state index is 12.4. The van der Waals surface area contributed by atoms with E-state index in [1.807, 2.05) is 9.80 Å². The fourth-order valence-corrected chi connectivity index (χ4v) is 3.74. The van der Waals surface area contributed by atoms with Gasteiger partial charge in [0.2, 0.25) is 5.91 Å². The summed E-state index contributed by atoms with van der Waals surface area (Å²) in [5, 5.41) is 11.4. The van der Waals surface area contributed by atoms with Crippen LogP contribution in [0, 0.1) is 10.1 Å². The summed E-state index contributed by atoms with van der Waals surface area (Å²) in [7, 11) is 0. The van der Waals surface area contributed by atoms with Crippen LogP contribution in [0.15, 0.2) is 18.2 Å². The van der Waals surface area contributed by atoms with Gasteiger partial charge in [-0.2, -0.15) is 0 Å². The van der Waals surface area contributed by atoms with Crippen LogP contribution in [0.3, 0.4) is 0 Å². The number of anilines is 1. The second-order valence-electron chi connectivity index (χ2n) is 7.22. The third kappa shape index (κ3) is 4.63. The van der Waals surface area contributed by atoms with Gasteiger partial charge in [-0.25, -0.2) is 0 Å². The minimum Gasteiger partial charge on any atom is -0.363 e. The number of nitrogens with zero attached hydrogens (tertiary/aromatic N) is 4. The average Bonchev–Trinajstić information content (AvgIpc) is 2.68. The lowest BCUT2D eigenvalue weighted by Gasteiger charge is -2.36. The second kappa shape index (κ2) is 8.47. The number of piperazine rings is 1. The Morgan fingerprint density at radius 2 is 1.70 bits per heavy atom. The summed E-state index contributed by atoms with van der Waals surface area (Å²) in [6.45, 7) is 6.13. The molecule has 0 bridgehead atoms. The topological polar surface area (TPSA) is 87.0 Å². The molecule has 2 aliphatic rings. The molecule has 2 aliphatic heterocycles. The fraction of sp³-hybridized carbons (Fsp3) is 0.579. The number of carbonyl (C=O) groups excluding carboxylic acids is 2. The van der Waals surface area contributed by atoms with Crippen LogP contribution in [0.2, 0.25) is 0 Å². The second-order valence-corrected chi connectivity index (χ2v) is 7.22. The van der Waals surface area contributed by atoms with Crippen LogP contribution in [0.5, 0.6) is 0 Å². The Kier molecular flexibility index (Phi) is 6.05. The van der Waals surface area contributed by atoms with Crippen LogP contribution in [0.4, 0.5) is 11.4 Å². The Morgan fingerprint density at radius 1 is 1.04 bits per heavy atom. The van der Waals surface area contributed by atoms with Crippen molar-refractivity contribution in [3.8, 4) is 0 Å². The number of ketones is 1. The number of likely N-dealkylation sites (tertiary alicyclic amines) is 1. The van der Waals surface area contributed by atoms with Crippen molar-refractivity contribution in [1.82, 2.24) is 9.80 Å². The first-order chi connectivity index (χ1) is 13.0. The number of nitro benzene ring substituents is 1. The zero-order valence-electron chi connectivity index (χ0n) is 15.7. The molecule has 0 aromatic heterocycles. The van der Waals surface area contributed by atoms with Crippen molar-refractivity contribution in [2.75, 3.05) is 50.7 Å². The number of carbonyl (C=O) groups is 2. The van der Waals surface area contributed by atoms with Gasteiger partial charge >= 0.3 is 0 Å². The van der Waals surface area contributed by atoms with Gasteiger partial charge in [-0.15, -0.1) is 0 Å². The molecule has 0 spiro atoms. The summed E-state index contributed by atoms with van der Waals surface area (Å²) in [5.41, 5.74) is 0.837. The molecule has 3 rings (SSSR count). The van der Waals surface area contributed by atoms with Gasteiger partial charge in [0, 0.05) is 50.9 Å². The average molecular weight is 374 g/mol. The van der Waals surface area contributed by atoms with Crippen LogP contribution in [-0.4, -0.2) is 72.2 Å². The molecule has 146 valence electrons. The summed E-state index contributed by atoms with van der Waals surface area (Å²) in [4.78, 5) is 40.9. The molecule has 8 heteroatoms. The van der Waals surface area contributed by atoms with Gasteiger partial charge in [0.05, 0.1) is 11.5 Å². The quantitative estimate of drug-likeness (QED) is 0.445. The molecule has 0 unspecified atom stereocenters. The molecule has 1 aromatic carbocycles. The van der Waals surface area contributed by atoms with E-state index in [0.29, 0.717) is 44.0 Å². The Morgan fingerprint density at radius 3 is 2.30 bits per heavy atom. The fourth-order valence-electron chi connectivity index (χ4n) is 3.74. The molecule has 0 radical (unpaired) electrons. The largest absolute Gasteiger partial charge is 0.363 e. The highest BCUT2D eigenvalue weighted by Gasteiger charge is 2.26. The number of hydrogen-bond acceptors (Lipinski definition) is 6. The van der Waals surface area contributed by atoms with Gasteiger partial charge in [-0.05, 0) is 38.3 Å². The van der Waals surface area contributed by atoms with Crippen molar-refractivity contribution in [2.45, 2.75) is 26.2 Å². The number of nitro groups is 1. The molecule has 8 nitrogen and oxygen atoms in total. The highest BCUT2D eigenvalue weighted by atomic mass is 16.6. The number of rotatable bonds is 5. The van der Waals surface area contributed by atoms with E-state index in [-0.39, 0.29) is 17.4 Å². The van der Waals surface area contributed by atoms with Crippen molar-refractivity contribution in [2.24, 2.45) is 0 Å². The molecule has 0 atom stereocenters. The summed E-state index contributed by atoms with van der Waals surface area (Å²) >= 11 is 0. The Bertz CT molecular complexity index is 722. The van der Waals surface area contributed by atoms with E-state index in [1.54, 1.807) is 12.1 Å². The van der Waals surface area contributed by atoms with E-state index < -0.39 is 4.92 Å². The van der Waals surface area contributed by atoms with Gasteiger partial charge in [0.15, 0.2) is 5.78 Å². The lowest BCUT2D eigenvalue weighted by Crippen LogP contribution is -2.50. The van der Waals surface area contributed by atoms with Crippen molar-refractivity contribution in [3.05, 3.63) is 33.9 Å². The van der Waals surface area contributed by atoms with Crippen molar-refractivity contribution < 1.29 is 14.5 Å². The molecule has 2 fully saturated rings. The van der Waals surface area contributed by atoms with Crippen LogP contribution < -0.4 is 4.90 Å². The predicted molar refractivity (Wildman–Crippen MR) is 102 cm³/mol. The van der Waals surface area contributed by atoms with Crippen LogP contribution in [0.1, 0.15) is 36.5 Å². The number of amides is 1. The number of hydrogen-bond donors (Lipinski definition) is 0. The maximum Gasteiger partial charge on any atom is 0.293 e. The molecule has 27 heavy (non-hydrogen) atoms. The molecule has 1 amide bonds. The van der Waals surface area contributed by atoms with Crippen molar-refractivity contribution >= 4 is 23.1 Å². The van der Waals surface area contributed by atoms with E-state index >= 15 is 0 Å². The highest BCUT2D eigenvalue weighted by Crippen LogP contribution is 2.30. The first-order valence-electron chi connectivity index (χ1n) is 9.50. The lowest BCUT2D eigenvalue weighted by molar-refractivity contribution is -0.384. The van der Waals surface area contributed by atoms with E-state index in [9.17, 15) is 19.7 Å². The highest BCUT2D eigenvalue weighted by molar-refractivity contribution is 5.95. The van der Waals surface area contributed by atoms with Gasteiger partial charge in [0.1, 0.15) is 5.69 Å². The third-order valence-corrected chi connectivity index (χ3v) is 5.36. The van der Waals surface area contributed by atoms with E-state index in [0.717, 1.165) is 25.9 Å². The first-order valence-corrected chi connectivity index (χ1v) is 9.50. The third-order valence-electron chi connectivity index (χ3n) is 5.36. The minimum absolute atomic E-state index is 0.0412. The van der Waals surface area contributed by atoms with Gasteiger partial charge in [0.25, 0.3) is 5.69 Å². The Balaban J connectivity index is 1.61. The molecule has 1 aromatic rings. The van der Waals surface area contributed by atoms with Crippen molar-refractivity contribution in [3.63, 3.8) is 0 Å². The van der Waals surface area contributed by atoms with Crippen molar-refractivity contribution in [1.29, 1.82) is 0 Å². The van der Waals surface area contributed by atoms with Crippen LogP contribution in [0.25, 0.3) is 0 Å². The number of Topliss-reactive ketones (excluding diaryl/α,β-unsaturated/α-hetero) is 1. The maximum absolute atomic E-state index is 12.4. The molecular formula is C19H26N4O4. The minimum atomic E-state index is -0.436. The molecular weight excluding hydrogens is 348 g/mol. The summed E-state index contributed by atoms with van der Waals surface area (Å²) in [6, 6.07) is 4.64. The standard InChI is InChI=1S/C19H26N4O4/c1-15(24)16-5-6-17(18(13-16)23(26)27)21-11-9-20(10-12-21)14-19(25)22-7-3-2-4-8-22/h5-6,13H,2-4,7-12,14H2,1H3. The predicted octanol–water partition coefficient (Wildman–Crippen LogP) is 1.93. The summed E-state index contributed by atoms with van der Waals surface area (Å²) < 4.78 is 0. The SMILES string of the molecule is CC(=O)c1ccc(N2CCN(CC(=O)N3CCCCC3)CC2)c([N+](=O)[O-])c1. The molecule has 0 saturated carbocycles. The molecule has 0 aliphatic carbocycles. The number of benzene rings is 1. The smallest absolute Gasteiger partial charge is 0.293 e. The monoisotopic (exact) mass is 374 g/mol. The van der Waals surface area contributed by atoms with Gasteiger partial charge in [-0.3, -0.25) is 24.6 Å². The summed E-state index contributed by atoms with van der Waals surface area (Å²) in [5.74, 6) is -0.00867. The normalized spacial score (nSPS) is 18.4. The lowest BCUT2D eigenvalue weighted by atomic mass is 10.1. The number of piperidine rings is 1. The van der Waals surface area contributed by atoms with E-state index in [2.05, 4.69) is 4.90 Å².